The van der Waals surface area contributed by atoms with Gasteiger partial charge in [0.25, 0.3) is 0 Å². The zero-order chi connectivity index (χ0) is 10.9. The van der Waals surface area contributed by atoms with Gasteiger partial charge < -0.3 is 10.2 Å². The van der Waals surface area contributed by atoms with Crippen LogP contribution in [0.5, 0.6) is 5.75 Å². The van der Waals surface area contributed by atoms with Crippen LogP contribution in [0.4, 0.5) is 8.78 Å². The molecule has 0 fully saturated rings. The van der Waals surface area contributed by atoms with Crippen LogP contribution < -0.4 is 0 Å². The van der Waals surface area contributed by atoms with Crippen LogP contribution in [0, 0.1) is 11.6 Å². The van der Waals surface area contributed by atoms with Gasteiger partial charge in [-0.2, -0.15) is 0 Å². The Hall–Kier alpha value is -0.870. The van der Waals surface area contributed by atoms with Crippen LogP contribution >= 0.6 is 11.6 Å². The standard InChI is InChI=1S/C9H9ClF2O2/c1-4(3-13)7-8(12)6(11)2-5(10)9(7)14/h2,4,13-14H,3H2,1H3. The van der Waals surface area contributed by atoms with Crippen LogP contribution in [0.3, 0.4) is 0 Å². The van der Waals surface area contributed by atoms with Gasteiger partial charge in [-0.1, -0.05) is 18.5 Å². The Morgan fingerprint density at radius 3 is 2.57 bits per heavy atom. The van der Waals surface area contributed by atoms with Gasteiger partial charge in [-0.15, -0.1) is 0 Å². The van der Waals surface area contributed by atoms with Crippen molar-refractivity contribution in [3.8, 4) is 5.75 Å². The van der Waals surface area contributed by atoms with Gasteiger partial charge in [0.15, 0.2) is 11.6 Å². The molecule has 1 rings (SSSR count). The van der Waals surface area contributed by atoms with Gasteiger partial charge in [0, 0.05) is 18.1 Å². The third-order valence-electron chi connectivity index (χ3n) is 1.95. The molecule has 1 aromatic rings. The normalized spacial score (nSPS) is 12.9. The van der Waals surface area contributed by atoms with Crippen LogP contribution in [0.2, 0.25) is 5.02 Å². The first kappa shape index (κ1) is 11.2. The highest BCUT2D eigenvalue weighted by molar-refractivity contribution is 6.32. The minimum absolute atomic E-state index is 0.265. The Bertz CT molecular complexity index is 329. The van der Waals surface area contributed by atoms with E-state index in [9.17, 15) is 13.9 Å². The molecule has 14 heavy (non-hydrogen) atoms. The van der Waals surface area contributed by atoms with Crippen molar-refractivity contribution in [2.45, 2.75) is 12.8 Å². The van der Waals surface area contributed by atoms with Crippen LogP contribution in [0.25, 0.3) is 0 Å². The van der Waals surface area contributed by atoms with Gasteiger partial charge in [0.2, 0.25) is 0 Å². The second-order valence-electron chi connectivity index (χ2n) is 3.00. The number of phenolic OH excluding ortho intramolecular Hbond substituents is 1. The van der Waals surface area contributed by atoms with E-state index in [0.717, 1.165) is 0 Å². The van der Waals surface area contributed by atoms with Gasteiger partial charge in [0.05, 0.1) is 5.02 Å². The van der Waals surface area contributed by atoms with Gasteiger partial charge in [-0.25, -0.2) is 8.78 Å². The van der Waals surface area contributed by atoms with E-state index in [1.807, 2.05) is 0 Å². The van der Waals surface area contributed by atoms with Crippen molar-refractivity contribution in [3.05, 3.63) is 28.3 Å². The van der Waals surface area contributed by atoms with Crippen molar-refractivity contribution < 1.29 is 19.0 Å². The number of benzene rings is 1. The maximum Gasteiger partial charge on any atom is 0.166 e. The number of hydrogen-bond donors (Lipinski definition) is 2. The summed E-state index contributed by atoms with van der Waals surface area (Å²) in [5.41, 5.74) is -0.294. The predicted molar refractivity (Wildman–Crippen MR) is 48.5 cm³/mol. The molecule has 0 radical (unpaired) electrons. The first-order valence-electron chi connectivity index (χ1n) is 3.96. The van der Waals surface area contributed by atoms with E-state index in [1.165, 1.54) is 6.92 Å². The molecule has 0 aliphatic heterocycles. The molecular weight excluding hydrogens is 214 g/mol. The van der Waals surface area contributed by atoms with Crippen LogP contribution in [-0.2, 0) is 0 Å². The average molecular weight is 223 g/mol. The second kappa shape index (κ2) is 4.11. The Morgan fingerprint density at radius 1 is 1.50 bits per heavy atom. The molecule has 0 bridgehead atoms. The topological polar surface area (TPSA) is 40.5 Å². The fourth-order valence-electron chi connectivity index (χ4n) is 1.15. The Morgan fingerprint density at radius 2 is 2.07 bits per heavy atom. The van der Waals surface area contributed by atoms with Crippen LogP contribution in [0.15, 0.2) is 6.07 Å². The van der Waals surface area contributed by atoms with Gasteiger partial charge >= 0.3 is 0 Å². The lowest BCUT2D eigenvalue weighted by molar-refractivity contribution is 0.266. The third kappa shape index (κ3) is 1.81. The van der Waals surface area contributed by atoms with E-state index in [-0.39, 0.29) is 10.6 Å². The molecule has 0 aliphatic carbocycles. The Labute approximate surface area is 84.7 Å². The van der Waals surface area contributed by atoms with E-state index < -0.39 is 29.9 Å². The van der Waals surface area contributed by atoms with Crippen molar-refractivity contribution in [2.75, 3.05) is 6.61 Å². The first-order chi connectivity index (χ1) is 6.49. The van der Waals surface area contributed by atoms with E-state index >= 15 is 0 Å². The molecule has 0 aliphatic rings. The summed E-state index contributed by atoms with van der Waals surface area (Å²) < 4.78 is 26.0. The van der Waals surface area contributed by atoms with Gasteiger partial charge in [-0.3, -0.25) is 0 Å². The van der Waals surface area contributed by atoms with Crippen molar-refractivity contribution in [3.63, 3.8) is 0 Å². The summed E-state index contributed by atoms with van der Waals surface area (Å²) in [5.74, 6) is -3.54. The maximum absolute atomic E-state index is 13.2. The number of hydrogen-bond acceptors (Lipinski definition) is 2. The molecule has 1 aromatic carbocycles. The van der Waals surface area contributed by atoms with Crippen molar-refractivity contribution in [2.24, 2.45) is 0 Å². The predicted octanol–water partition coefficient (Wildman–Crippen LogP) is 2.42. The molecular formula is C9H9ClF2O2. The number of phenols is 1. The second-order valence-corrected chi connectivity index (χ2v) is 3.41. The third-order valence-corrected chi connectivity index (χ3v) is 2.24. The minimum atomic E-state index is -1.17. The van der Waals surface area contributed by atoms with Gasteiger partial charge in [0.1, 0.15) is 5.75 Å². The molecule has 1 unspecified atom stereocenters. The molecule has 0 aromatic heterocycles. The summed E-state index contributed by atoms with van der Waals surface area (Å²) in [6.45, 7) is 1.05. The Kier molecular flexibility index (Phi) is 3.29. The molecule has 5 heteroatoms. The van der Waals surface area contributed by atoms with Crippen molar-refractivity contribution in [1.29, 1.82) is 0 Å². The van der Waals surface area contributed by atoms with E-state index in [1.54, 1.807) is 0 Å². The molecule has 0 saturated heterocycles. The van der Waals surface area contributed by atoms with E-state index in [4.69, 9.17) is 16.7 Å². The average Bonchev–Trinajstić information content (AvgIpc) is 2.15. The van der Waals surface area contributed by atoms with Crippen LogP contribution in [0.1, 0.15) is 18.4 Å². The highest BCUT2D eigenvalue weighted by Gasteiger charge is 2.21. The molecule has 0 spiro atoms. The minimum Gasteiger partial charge on any atom is -0.506 e. The molecule has 1 atom stereocenters. The van der Waals surface area contributed by atoms with Crippen LogP contribution in [-0.4, -0.2) is 16.8 Å². The highest BCUT2D eigenvalue weighted by Crippen LogP contribution is 2.35. The zero-order valence-electron chi connectivity index (χ0n) is 7.39. The number of aliphatic hydroxyl groups is 1. The summed E-state index contributed by atoms with van der Waals surface area (Å²) in [4.78, 5) is 0. The number of aromatic hydroxyl groups is 1. The molecule has 2 N–H and O–H groups in total. The lowest BCUT2D eigenvalue weighted by atomic mass is 10.00. The molecule has 0 saturated carbocycles. The summed E-state index contributed by atoms with van der Waals surface area (Å²) in [6.07, 6.45) is 0. The number of halogens is 3. The quantitative estimate of drug-likeness (QED) is 0.755. The van der Waals surface area contributed by atoms with E-state index in [0.29, 0.717) is 6.07 Å². The number of aliphatic hydroxyl groups excluding tert-OH is 1. The molecule has 2 nitrogen and oxygen atoms in total. The monoisotopic (exact) mass is 222 g/mol. The summed E-state index contributed by atoms with van der Waals surface area (Å²) in [6, 6.07) is 0.694. The molecule has 0 amide bonds. The van der Waals surface area contributed by atoms with Crippen molar-refractivity contribution in [1.82, 2.24) is 0 Å². The highest BCUT2D eigenvalue weighted by atomic mass is 35.5. The largest absolute Gasteiger partial charge is 0.506 e. The maximum atomic E-state index is 13.2. The smallest absolute Gasteiger partial charge is 0.166 e. The Balaban J connectivity index is 3.39. The lowest BCUT2D eigenvalue weighted by Gasteiger charge is -2.13. The summed E-state index contributed by atoms with van der Waals surface area (Å²) in [5, 5.41) is 17.9. The molecule has 78 valence electrons. The van der Waals surface area contributed by atoms with Gasteiger partial charge in [-0.05, 0) is 6.07 Å². The SMILES string of the molecule is CC(CO)c1c(O)c(Cl)cc(F)c1F. The molecule has 0 heterocycles. The fraction of sp³-hybridized carbons (Fsp3) is 0.333. The van der Waals surface area contributed by atoms with E-state index in [2.05, 4.69) is 0 Å². The fourth-order valence-corrected chi connectivity index (χ4v) is 1.34. The summed E-state index contributed by atoms with van der Waals surface area (Å²) in [7, 11) is 0. The first-order valence-corrected chi connectivity index (χ1v) is 4.34. The lowest BCUT2D eigenvalue weighted by Crippen LogP contribution is -2.04. The summed E-state index contributed by atoms with van der Waals surface area (Å²) >= 11 is 5.45. The number of rotatable bonds is 2. The van der Waals surface area contributed by atoms with Crippen molar-refractivity contribution >= 4 is 11.6 Å². The zero-order valence-corrected chi connectivity index (χ0v) is 8.15.